The van der Waals surface area contributed by atoms with E-state index in [1.807, 2.05) is 0 Å². The lowest BCUT2D eigenvalue weighted by atomic mass is 9.56. The Hall–Kier alpha value is -1.06. The summed E-state index contributed by atoms with van der Waals surface area (Å²) in [6.45, 7) is 0. The second-order valence-electron chi connectivity index (χ2n) is 5.08. The highest BCUT2D eigenvalue weighted by molar-refractivity contribution is 5.65. The van der Waals surface area contributed by atoms with Crippen molar-refractivity contribution < 1.29 is 14.7 Å². The van der Waals surface area contributed by atoms with Gasteiger partial charge in [-0.05, 0) is 43.9 Å². The number of carboxylic acid groups (broad SMARTS) is 1. The van der Waals surface area contributed by atoms with Crippen LogP contribution >= 0.6 is 0 Å². The van der Waals surface area contributed by atoms with Crippen LogP contribution in [0.3, 0.4) is 0 Å². The average molecular weight is 211 g/mol. The molecule has 0 saturated heterocycles. The van der Waals surface area contributed by atoms with E-state index in [9.17, 15) is 9.59 Å². The highest BCUT2D eigenvalue weighted by atomic mass is 16.4. The molecule has 0 aromatic heterocycles. The van der Waals surface area contributed by atoms with E-state index in [2.05, 4.69) is 5.32 Å². The molecule has 0 radical (unpaired) electrons. The molecule has 84 valence electrons. The summed E-state index contributed by atoms with van der Waals surface area (Å²) >= 11 is 0. The highest BCUT2D eigenvalue weighted by Gasteiger charge is 2.48. The lowest BCUT2D eigenvalue weighted by Crippen LogP contribution is -2.56. The van der Waals surface area contributed by atoms with Crippen LogP contribution in [0.4, 0.5) is 4.79 Å². The van der Waals surface area contributed by atoms with Gasteiger partial charge in [0.15, 0.2) is 0 Å². The fraction of sp³-hybridized carbons (Fsp3) is 0.818. The van der Waals surface area contributed by atoms with Crippen molar-refractivity contribution in [2.75, 3.05) is 0 Å². The van der Waals surface area contributed by atoms with Gasteiger partial charge >= 0.3 is 6.09 Å². The molecule has 2 N–H and O–H groups in total. The van der Waals surface area contributed by atoms with E-state index in [1.165, 1.54) is 0 Å². The van der Waals surface area contributed by atoms with Crippen molar-refractivity contribution in [2.24, 2.45) is 5.41 Å². The van der Waals surface area contributed by atoms with Gasteiger partial charge in [-0.1, -0.05) is 0 Å². The number of fused-ring (bicyclic) bond motifs is 3. The molecule has 3 rings (SSSR count). The SMILES string of the molecule is O=CCC12CCC(NC(=O)O)(CC1)CC2. The summed E-state index contributed by atoms with van der Waals surface area (Å²) in [5.74, 6) is 0. The second-order valence-corrected chi connectivity index (χ2v) is 5.08. The van der Waals surface area contributed by atoms with Crippen molar-refractivity contribution in [3.63, 3.8) is 0 Å². The van der Waals surface area contributed by atoms with Gasteiger partial charge in [-0.3, -0.25) is 0 Å². The van der Waals surface area contributed by atoms with E-state index < -0.39 is 6.09 Å². The summed E-state index contributed by atoms with van der Waals surface area (Å²) in [7, 11) is 0. The molecule has 4 heteroatoms. The van der Waals surface area contributed by atoms with Gasteiger partial charge in [-0.15, -0.1) is 0 Å². The fourth-order valence-electron chi connectivity index (χ4n) is 3.16. The maximum Gasteiger partial charge on any atom is 0.405 e. The molecule has 3 saturated carbocycles. The molecule has 15 heavy (non-hydrogen) atoms. The van der Waals surface area contributed by atoms with Crippen molar-refractivity contribution in [1.82, 2.24) is 5.32 Å². The molecule has 3 fully saturated rings. The van der Waals surface area contributed by atoms with Gasteiger partial charge in [-0.25, -0.2) is 4.79 Å². The molecule has 1 amide bonds. The van der Waals surface area contributed by atoms with Crippen molar-refractivity contribution in [1.29, 1.82) is 0 Å². The molecule has 0 aromatic carbocycles. The predicted octanol–water partition coefficient (Wildman–Crippen LogP) is 1.94. The summed E-state index contributed by atoms with van der Waals surface area (Å²) in [6.07, 6.45) is 6.41. The fourth-order valence-corrected chi connectivity index (χ4v) is 3.16. The first-order valence-electron chi connectivity index (χ1n) is 5.55. The van der Waals surface area contributed by atoms with Crippen LogP contribution in [0.5, 0.6) is 0 Å². The maximum atomic E-state index is 10.7. The predicted molar refractivity (Wildman–Crippen MR) is 54.7 cm³/mol. The first-order valence-corrected chi connectivity index (χ1v) is 5.55. The Kier molecular flexibility index (Phi) is 2.44. The van der Waals surface area contributed by atoms with Crippen LogP contribution in [0.25, 0.3) is 0 Å². The Balaban J connectivity index is 2.03. The minimum atomic E-state index is -0.917. The van der Waals surface area contributed by atoms with Gasteiger partial charge in [0.2, 0.25) is 0 Å². The number of nitrogens with one attached hydrogen (secondary N) is 1. The van der Waals surface area contributed by atoms with Crippen LogP contribution < -0.4 is 5.32 Å². The van der Waals surface area contributed by atoms with E-state index in [-0.39, 0.29) is 11.0 Å². The highest BCUT2D eigenvalue weighted by Crippen LogP contribution is 2.53. The third-order valence-electron chi connectivity index (χ3n) is 4.29. The average Bonchev–Trinajstić information content (AvgIpc) is 2.20. The minimum Gasteiger partial charge on any atom is -0.465 e. The molecule has 0 spiro atoms. The first kappa shape index (κ1) is 10.5. The quantitative estimate of drug-likeness (QED) is 0.701. The van der Waals surface area contributed by atoms with Gasteiger partial charge < -0.3 is 15.2 Å². The van der Waals surface area contributed by atoms with Crippen LogP contribution in [0.1, 0.15) is 44.9 Å². The van der Waals surface area contributed by atoms with Crippen LogP contribution in [-0.4, -0.2) is 23.0 Å². The summed E-state index contributed by atoms with van der Waals surface area (Å²) in [6, 6.07) is 0. The Morgan fingerprint density at radius 3 is 2.13 bits per heavy atom. The zero-order valence-electron chi connectivity index (χ0n) is 8.79. The number of hydrogen-bond acceptors (Lipinski definition) is 2. The number of amides is 1. The molecular weight excluding hydrogens is 194 g/mol. The van der Waals surface area contributed by atoms with Crippen molar-refractivity contribution in [2.45, 2.75) is 50.5 Å². The molecule has 2 bridgehead atoms. The number of rotatable bonds is 3. The van der Waals surface area contributed by atoms with E-state index in [0.29, 0.717) is 6.42 Å². The van der Waals surface area contributed by atoms with Crippen molar-refractivity contribution >= 4 is 12.4 Å². The summed E-state index contributed by atoms with van der Waals surface area (Å²) < 4.78 is 0. The Bertz CT molecular complexity index is 263. The topological polar surface area (TPSA) is 66.4 Å². The Morgan fingerprint density at radius 2 is 1.73 bits per heavy atom. The number of aldehydes is 1. The molecule has 3 aliphatic carbocycles. The molecule has 0 aliphatic heterocycles. The standard InChI is InChI=1S/C11H17NO3/c13-8-7-10-1-4-11(5-2-10,6-3-10)12-9(14)15/h8,12H,1-7H2,(H,14,15). The number of carbonyl (C=O) groups excluding carboxylic acids is 1. The molecule has 0 unspecified atom stereocenters. The van der Waals surface area contributed by atoms with Crippen LogP contribution in [0.15, 0.2) is 0 Å². The lowest BCUT2D eigenvalue weighted by molar-refractivity contribution is -0.112. The molecule has 4 nitrogen and oxygen atoms in total. The van der Waals surface area contributed by atoms with Crippen molar-refractivity contribution in [3.05, 3.63) is 0 Å². The molecule has 3 aliphatic rings. The summed E-state index contributed by atoms with van der Waals surface area (Å²) in [4.78, 5) is 21.3. The first-order chi connectivity index (χ1) is 7.10. The third kappa shape index (κ3) is 1.85. The third-order valence-corrected chi connectivity index (χ3v) is 4.29. The molecule has 0 atom stereocenters. The van der Waals surface area contributed by atoms with E-state index in [0.717, 1.165) is 44.8 Å². The van der Waals surface area contributed by atoms with Gasteiger partial charge in [0.05, 0.1) is 0 Å². The normalized spacial score (nSPS) is 38.7. The monoisotopic (exact) mass is 211 g/mol. The largest absolute Gasteiger partial charge is 0.465 e. The smallest absolute Gasteiger partial charge is 0.405 e. The second kappa shape index (κ2) is 3.51. The molecule has 0 heterocycles. The zero-order chi connectivity index (χ0) is 10.9. The van der Waals surface area contributed by atoms with E-state index >= 15 is 0 Å². The number of carbonyl (C=O) groups is 2. The van der Waals surface area contributed by atoms with Crippen LogP contribution in [0, 0.1) is 5.41 Å². The van der Waals surface area contributed by atoms with Gasteiger partial charge in [0, 0.05) is 12.0 Å². The van der Waals surface area contributed by atoms with Gasteiger partial charge in [0.25, 0.3) is 0 Å². The zero-order valence-corrected chi connectivity index (χ0v) is 8.79. The van der Waals surface area contributed by atoms with Gasteiger partial charge in [0.1, 0.15) is 6.29 Å². The maximum absolute atomic E-state index is 10.7. The van der Waals surface area contributed by atoms with E-state index in [1.54, 1.807) is 0 Å². The van der Waals surface area contributed by atoms with Crippen molar-refractivity contribution in [3.8, 4) is 0 Å². The Morgan fingerprint density at radius 1 is 1.20 bits per heavy atom. The summed E-state index contributed by atoms with van der Waals surface area (Å²) in [5, 5.41) is 11.5. The van der Waals surface area contributed by atoms with Crippen LogP contribution in [-0.2, 0) is 4.79 Å². The lowest BCUT2D eigenvalue weighted by Gasteiger charge is -2.52. The van der Waals surface area contributed by atoms with Crippen LogP contribution in [0.2, 0.25) is 0 Å². The minimum absolute atomic E-state index is 0.184. The molecular formula is C11H17NO3. The van der Waals surface area contributed by atoms with E-state index in [4.69, 9.17) is 5.11 Å². The molecule has 0 aromatic rings. The summed E-state index contributed by atoms with van der Waals surface area (Å²) in [5.41, 5.74) is 0.0140. The van der Waals surface area contributed by atoms with Gasteiger partial charge in [-0.2, -0.15) is 0 Å². The Labute approximate surface area is 89.0 Å². The number of hydrogen-bond donors (Lipinski definition) is 2.